The Labute approximate surface area is 170 Å². The summed E-state index contributed by atoms with van der Waals surface area (Å²) in [6, 6.07) is 9.48. The average molecular weight is 406 g/mol. The first-order valence-electron chi connectivity index (χ1n) is 9.01. The molecular formula is C19H24ClN5OS. The fraction of sp³-hybridized carbons (Fsp3) is 0.421. The summed E-state index contributed by atoms with van der Waals surface area (Å²) in [5.74, 6) is 2.45. The lowest BCUT2D eigenvalue weighted by atomic mass is 10.0. The number of anilines is 2. The number of halogens is 1. The molecule has 2 heterocycles. The van der Waals surface area contributed by atoms with Crippen LogP contribution in [0.1, 0.15) is 25.3 Å². The van der Waals surface area contributed by atoms with Gasteiger partial charge in [-0.1, -0.05) is 30.7 Å². The lowest BCUT2D eigenvalue weighted by molar-refractivity contribution is 0.396. The quantitative estimate of drug-likeness (QED) is 0.732. The van der Waals surface area contributed by atoms with Crippen LogP contribution in [0.3, 0.4) is 0 Å². The zero-order valence-electron chi connectivity index (χ0n) is 15.5. The van der Waals surface area contributed by atoms with Gasteiger partial charge in [0.25, 0.3) is 0 Å². The Balaban J connectivity index is 1.65. The van der Waals surface area contributed by atoms with E-state index in [9.17, 15) is 0 Å². The van der Waals surface area contributed by atoms with Gasteiger partial charge >= 0.3 is 0 Å². The van der Waals surface area contributed by atoms with Crippen LogP contribution in [0.25, 0.3) is 0 Å². The second-order valence-corrected chi connectivity index (χ2v) is 7.56. The van der Waals surface area contributed by atoms with Crippen LogP contribution < -0.4 is 20.3 Å². The Hall–Kier alpha value is -2.12. The van der Waals surface area contributed by atoms with Gasteiger partial charge in [0.15, 0.2) is 5.11 Å². The number of hydrogen-bond acceptors (Lipinski definition) is 5. The maximum Gasteiger partial charge on any atom is 0.234 e. The van der Waals surface area contributed by atoms with Crippen molar-refractivity contribution in [2.75, 3.05) is 30.4 Å². The summed E-state index contributed by atoms with van der Waals surface area (Å²) in [6.45, 7) is 4.82. The molecule has 27 heavy (non-hydrogen) atoms. The summed E-state index contributed by atoms with van der Waals surface area (Å²) in [4.78, 5) is 11.3. The van der Waals surface area contributed by atoms with E-state index in [4.69, 9.17) is 28.6 Å². The average Bonchev–Trinajstić information content (AvgIpc) is 2.67. The predicted molar refractivity (Wildman–Crippen MR) is 114 cm³/mol. The number of nitrogens with one attached hydrogen (secondary N) is 2. The normalized spacial score (nSPS) is 16.7. The largest absolute Gasteiger partial charge is 0.481 e. The molecule has 2 N–H and O–H groups in total. The van der Waals surface area contributed by atoms with E-state index in [0.717, 1.165) is 30.9 Å². The molecule has 1 aromatic carbocycles. The highest BCUT2D eigenvalue weighted by atomic mass is 35.5. The Morgan fingerprint density at radius 1 is 1.33 bits per heavy atom. The van der Waals surface area contributed by atoms with E-state index in [1.165, 1.54) is 6.42 Å². The smallest absolute Gasteiger partial charge is 0.234 e. The van der Waals surface area contributed by atoms with Gasteiger partial charge in [0.1, 0.15) is 5.82 Å². The summed E-state index contributed by atoms with van der Waals surface area (Å²) < 4.78 is 5.34. The zero-order chi connectivity index (χ0) is 19.2. The lowest BCUT2D eigenvalue weighted by Gasteiger charge is -2.32. The second kappa shape index (κ2) is 9.19. The summed E-state index contributed by atoms with van der Waals surface area (Å²) >= 11 is 11.3. The topological polar surface area (TPSA) is 62.3 Å². The molecule has 0 spiro atoms. The highest BCUT2D eigenvalue weighted by Gasteiger charge is 2.19. The van der Waals surface area contributed by atoms with E-state index in [1.807, 2.05) is 30.3 Å². The Kier molecular flexibility index (Phi) is 6.68. The van der Waals surface area contributed by atoms with Crippen LogP contribution in [0.4, 0.5) is 11.8 Å². The van der Waals surface area contributed by atoms with Crippen LogP contribution >= 0.6 is 23.8 Å². The van der Waals surface area contributed by atoms with Gasteiger partial charge < -0.3 is 20.3 Å². The molecule has 1 atom stereocenters. The van der Waals surface area contributed by atoms with Gasteiger partial charge in [-0.05, 0) is 48.7 Å². The molecule has 0 unspecified atom stereocenters. The molecule has 2 aromatic rings. The number of thiocarbonyl (C=S) groups is 1. The number of aromatic nitrogens is 2. The molecule has 0 saturated carbocycles. The number of methoxy groups -OCH3 is 1. The van der Waals surface area contributed by atoms with Gasteiger partial charge in [0, 0.05) is 30.7 Å². The monoisotopic (exact) mass is 405 g/mol. The molecule has 1 saturated heterocycles. The van der Waals surface area contributed by atoms with Crippen molar-refractivity contribution in [3.05, 3.63) is 40.9 Å². The van der Waals surface area contributed by atoms with Crippen LogP contribution in [0.15, 0.2) is 30.3 Å². The van der Waals surface area contributed by atoms with Crippen LogP contribution in [-0.2, 0) is 6.54 Å². The van der Waals surface area contributed by atoms with E-state index in [2.05, 4.69) is 32.4 Å². The third-order valence-corrected chi connectivity index (χ3v) is 4.97. The molecule has 0 bridgehead atoms. The van der Waals surface area contributed by atoms with Crippen LogP contribution in [0.2, 0.25) is 5.02 Å². The van der Waals surface area contributed by atoms with E-state index in [-0.39, 0.29) is 0 Å². The van der Waals surface area contributed by atoms with E-state index in [1.54, 1.807) is 7.11 Å². The number of nitrogens with zero attached hydrogens (tertiary/aromatic N) is 3. The summed E-state index contributed by atoms with van der Waals surface area (Å²) in [7, 11) is 1.60. The molecule has 1 aliphatic heterocycles. The minimum Gasteiger partial charge on any atom is -0.481 e. The van der Waals surface area contributed by atoms with Gasteiger partial charge in [-0.15, -0.1) is 0 Å². The highest BCUT2D eigenvalue weighted by Crippen LogP contribution is 2.25. The number of benzene rings is 1. The third kappa shape index (κ3) is 5.68. The molecular weight excluding hydrogens is 382 g/mol. The van der Waals surface area contributed by atoms with E-state index >= 15 is 0 Å². The van der Waals surface area contributed by atoms with Gasteiger partial charge in [0.2, 0.25) is 11.8 Å². The molecule has 1 fully saturated rings. The first-order chi connectivity index (χ1) is 13.0. The predicted octanol–water partition coefficient (Wildman–Crippen LogP) is 3.86. The first-order valence-corrected chi connectivity index (χ1v) is 9.79. The number of hydrogen-bond donors (Lipinski definition) is 2. The molecule has 0 amide bonds. The highest BCUT2D eigenvalue weighted by molar-refractivity contribution is 7.80. The second-order valence-electron chi connectivity index (χ2n) is 6.72. The minimum atomic E-state index is 0.427. The van der Waals surface area contributed by atoms with Crippen molar-refractivity contribution in [3.8, 4) is 5.88 Å². The molecule has 1 aromatic heterocycles. The SMILES string of the molecule is COc1cc(N2CCC[C@H](C)C2)nc(NC(=S)NCc2ccc(Cl)cc2)n1. The number of piperidine rings is 1. The first kappa shape index (κ1) is 19.6. The van der Waals surface area contributed by atoms with Crippen LogP contribution in [0.5, 0.6) is 5.88 Å². The molecule has 144 valence electrons. The van der Waals surface area contributed by atoms with Gasteiger partial charge in [-0.2, -0.15) is 9.97 Å². The van der Waals surface area contributed by atoms with Crippen LogP contribution in [0, 0.1) is 5.92 Å². The van der Waals surface area contributed by atoms with Crippen molar-refractivity contribution in [1.29, 1.82) is 0 Å². The minimum absolute atomic E-state index is 0.427. The molecule has 0 aliphatic carbocycles. The van der Waals surface area contributed by atoms with Gasteiger partial charge in [-0.25, -0.2) is 0 Å². The van der Waals surface area contributed by atoms with Crippen molar-refractivity contribution in [2.45, 2.75) is 26.3 Å². The molecule has 0 radical (unpaired) electrons. The van der Waals surface area contributed by atoms with E-state index in [0.29, 0.717) is 34.4 Å². The van der Waals surface area contributed by atoms with Crippen molar-refractivity contribution in [3.63, 3.8) is 0 Å². The number of rotatable bonds is 5. The van der Waals surface area contributed by atoms with Gasteiger partial charge in [-0.3, -0.25) is 0 Å². The fourth-order valence-corrected chi connectivity index (χ4v) is 3.35. The van der Waals surface area contributed by atoms with Crippen molar-refractivity contribution < 1.29 is 4.74 Å². The molecule has 6 nitrogen and oxygen atoms in total. The Morgan fingerprint density at radius 3 is 2.81 bits per heavy atom. The maximum absolute atomic E-state index is 5.91. The molecule has 8 heteroatoms. The lowest BCUT2D eigenvalue weighted by Crippen LogP contribution is -2.35. The standard InChI is InChI=1S/C19H24ClN5OS/c1-13-4-3-9-25(12-13)16-10-17(26-2)23-18(22-16)24-19(27)21-11-14-5-7-15(20)8-6-14/h5-8,10,13H,3-4,9,11-12H2,1-2H3,(H2,21,22,23,24,27)/t13-/m0/s1. The summed E-state index contributed by atoms with van der Waals surface area (Å²) in [6.07, 6.45) is 2.42. The van der Waals surface area contributed by atoms with Crippen molar-refractivity contribution in [2.24, 2.45) is 5.92 Å². The van der Waals surface area contributed by atoms with Crippen LogP contribution in [-0.4, -0.2) is 35.3 Å². The number of ether oxygens (including phenoxy) is 1. The molecule has 3 rings (SSSR count). The van der Waals surface area contributed by atoms with Crippen molar-refractivity contribution >= 4 is 40.7 Å². The molecule has 1 aliphatic rings. The summed E-state index contributed by atoms with van der Waals surface area (Å²) in [5, 5.41) is 7.37. The third-order valence-electron chi connectivity index (χ3n) is 4.47. The van der Waals surface area contributed by atoms with E-state index < -0.39 is 0 Å². The maximum atomic E-state index is 5.91. The zero-order valence-corrected chi connectivity index (χ0v) is 17.1. The summed E-state index contributed by atoms with van der Waals surface area (Å²) in [5.41, 5.74) is 1.08. The van der Waals surface area contributed by atoms with Crippen molar-refractivity contribution in [1.82, 2.24) is 15.3 Å². The van der Waals surface area contributed by atoms with Gasteiger partial charge in [0.05, 0.1) is 7.11 Å². The Bertz CT molecular complexity index is 786. The fourth-order valence-electron chi connectivity index (χ4n) is 3.06. The Morgan fingerprint density at radius 2 is 2.11 bits per heavy atom.